The minimum atomic E-state index is -0.581. The molecule has 18 heavy (non-hydrogen) atoms. The molecular formula is C15H22F2O. The minimum Gasteiger partial charge on any atom is -0.393 e. The Kier molecular flexibility index (Phi) is 6.88. The summed E-state index contributed by atoms with van der Waals surface area (Å²) in [5.41, 5.74) is 0.260. The van der Waals surface area contributed by atoms with Crippen LogP contribution in [-0.4, -0.2) is 11.2 Å². The number of aliphatic hydroxyl groups excluding tert-OH is 1. The molecule has 1 aromatic rings. The maximum Gasteiger partial charge on any atom is 0.126 e. The van der Waals surface area contributed by atoms with Crippen LogP contribution in [0.4, 0.5) is 8.78 Å². The maximum atomic E-state index is 13.3. The van der Waals surface area contributed by atoms with E-state index in [1.807, 2.05) is 0 Å². The summed E-state index contributed by atoms with van der Waals surface area (Å²) in [5, 5.41) is 9.79. The predicted molar refractivity (Wildman–Crippen MR) is 69.4 cm³/mol. The fraction of sp³-hybridized carbons (Fsp3) is 0.600. The van der Waals surface area contributed by atoms with E-state index in [2.05, 4.69) is 6.92 Å². The highest BCUT2D eigenvalue weighted by atomic mass is 19.1. The van der Waals surface area contributed by atoms with Gasteiger partial charge in [0.2, 0.25) is 0 Å². The van der Waals surface area contributed by atoms with Crippen molar-refractivity contribution in [3.05, 3.63) is 35.4 Å². The molecule has 0 aromatic heterocycles. The Morgan fingerprint density at radius 1 is 1.11 bits per heavy atom. The van der Waals surface area contributed by atoms with Crippen molar-refractivity contribution in [1.29, 1.82) is 0 Å². The molecule has 1 atom stereocenters. The quantitative estimate of drug-likeness (QED) is 0.690. The van der Waals surface area contributed by atoms with Gasteiger partial charge < -0.3 is 5.11 Å². The Morgan fingerprint density at radius 3 is 2.56 bits per heavy atom. The molecule has 1 unspecified atom stereocenters. The Labute approximate surface area is 108 Å². The highest BCUT2D eigenvalue weighted by Gasteiger charge is 2.10. The van der Waals surface area contributed by atoms with Crippen LogP contribution in [0, 0.1) is 11.6 Å². The average Bonchev–Trinajstić information content (AvgIpc) is 2.33. The summed E-state index contributed by atoms with van der Waals surface area (Å²) < 4.78 is 26.3. The third kappa shape index (κ3) is 5.58. The van der Waals surface area contributed by atoms with E-state index >= 15 is 0 Å². The lowest BCUT2D eigenvalue weighted by Crippen LogP contribution is -2.11. The number of unbranched alkanes of at least 4 members (excludes halogenated alkanes) is 4. The van der Waals surface area contributed by atoms with E-state index in [9.17, 15) is 13.9 Å². The Morgan fingerprint density at radius 2 is 1.83 bits per heavy atom. The molecule has 1 aromatic carbocycles. The third-order valence-corrected chi connectivity index (χ3v) is 3.10. The van der Waals surface area contributed by atoms with Crippen molar-refractivity contribution in [2.75, 3.05) is 0 Å². The first-order valence-corrected chi connectivity index (χ1v) is 6.75. The fourth-order valence-electron chi connectivity index (χ4n) is 2.04. The lowest BCUT2D eigenvalue weighted by Gasteiger charge is -2.11. The number of hydrogen-bond acceptors (Lipinski definition) is 1. The molecule has 0 bridgehead atoms. The molecule has 1 N–H and O–H groups in total. The van der Waals surface area contributed by atoms with E-state index < -0.39 is 17.7 Å². The molecule has 0 aliphatic carbocycles. The molecule has 0 fully saturated rings. The van der Waals surface area contributed by atoms with E-state index in [0.717, 1.165) is 31.0 Å². The Bertz CT molecular complexity index is 352. The zero-order chi connectivity index (χ0) is 13.4. The van der Waals surface area contributed by atoms with Crippen molar-refractivity contribution >= 4 is 0 Å². The SMILES string of the molecule is CCCCCCCC(O)Cc1cc(F)ccc1F. The monoisotopic (exact) mass is 256 g/mol. The van der Waals surface area contributed by atoms with Crippen LogP contribution in [0.25, 0.3) is 0 Å². The summed E-state index contributed by atoms with van der Waals surface area (Å²) in [7, 11) is 0. The number of aliphatic hydroxyl groups is 1. The second-order valence-electron chi connectivity index (χ2n) is 4.80. The van der Waals surface area contributed by atoms with Gasteiger partial charge in [-0.05, 0) is 30.2 Å². The zero-order valence-electron chi connectivity index (χ0n) is 11.0. The van der Waals surface area contributed by atoms with Crippen LogP contribution in [0.1, 0.15) is 51.0 Å². The van der Waals surface area contributed by atoms with Crippen LogP contribution in [-0.2, 0) is 6.42 Å². The van der Waals surface area contributed by atoms with Gasteiger partial charge in [-0.1, -0.05) is 39.0 Å². The molecular weight excluding hydrogens is 234 g/mol. The fourth-order valence-corrected chi connectivity index (χ4v) is 2.04. The van der Waals surface area contributed by atoms with Crippen LogP contribution in [0.2, 0.25) is 0 Å². The van der Waals surface area contributed by atoms with Crippen molar-refractivity contribution in [3.8, 4) is 0 Å². The average molecular weight is 256 g/mol. The summed E-state index contributed by atoms with van der Waals surface area (Å²) in [6.45, 7) is 2.15. The Balaban J connectivity index is 2.30. The van der Waals surface area contributed by atoms with Gasteiger partial charge in [-0.15, -0.1) is 0 Å². The molecule has 0 radical (unpaired) electrons. The summed E-state index contributed by atoms with van der Waals surface area (Å²) in [6.07, 6.45) is 5.89. The number of rotatable bonds is 8. The summed E-state index contributed by atoms with van der Waals surface area (Å²) in [6, 6.07) is 3.37. The molecule has 0 aliphatic rings. The van der Waals surface area contributed by atoms with E-state index in [-0.39, 0.29) is 12.0 Å². The molecule has 0 aliphatic heterocycles. The van der Waals surface area contributed by atoms with Gasteiger partial charge in [-0.3, -0.25) is 0 Å². The maximum absolute atomic E-state index is 13.3. The van der Waals surface area contributed by atoms with E-state index in [1.165, 1.54) is 19.3 Å². The second-order valence-corrected chi connectivity index (χ2v) is 4.80. The number of hydrogen-bond donors (Lipinski definition) is 1. The van der Waals surface area contributed by atoms with Gasteiger partial charge in [0, 0.05) is 6.42 Å². The largest absolute Gasteiger partial charge is 0.393 e. The van der Waals surface area contributed by atoms with Crippen molar-refractivity contribution in [3.63, 3.8) is 0 Å². The van der Waals surface area contributed by atoms with Crippen LogP contribution in [0.5, 0.6) is 0 Å². The van der Waals surface area contributed by atoms with Crippen LogP contribution < -0.4 is 0 Å². The molecule has 1 rings (SSSR count). The number of halogens is 2. The van der Waals surface area contributed by atoms with Crippen LogP contribution in [0.15, 0.2) is 18.2 Å². The normalized spacial score (nSPS) is 12.7. The molecule has 102 valence electrons. The summed E-state index contributed by atoms with van der Waals surface area (Å²) >= 11 is 0. The lowest BCUT2D eigenvalue weighted by molar-refractivity contribution is 0.159. The van der Waals surface area contributed by atoms with Crippen LogP contribution >= 0.6 is 0 Å². The van der Waals surface area contributed by atoms with E-state index in [4.69, 9.17) is 0 Å². The molecule has 3 heteroatoms. The smallest absolute Gasteiger partial charge is 0.126 e. The van der Waals surface area contributed by atoms with Gasteiger partial charge in [-0.2, -0.15) is 0 Å². The van der Waals surface area contributed by atoms with Crippen molar-refractivity contribution in [1.82, 2.24) is 0 Å². The molecule has 0 spiro atoms. The lowest BCUT2D eigenvalue weighted by atomic mass is 10.0. The predicted octanol–water partition coefficient (Wildman–Crippen LogP) is 4.23. The third-order valence-electron chi connectivity index (χ3n) is 3.10. The highest BCUT2D eigenvalue weighted by Crippen LogP contribution is 2.15. The first-order valence-electron chi connectivity index (χ1n) is 6.75. The first kappa shape index (κ1) is 15.1. The zero-order valence-corrected chi connectivity index (χ0v) is 11.0. The van der Waals surface area contributed by atoms with Crippen molar-refractivity contribution in [2.45, 2.75) is 58.0 Å². The molecule has 0 amide bonds. The highest BCUT2D eigenvalue weighted by molar-refractivity contribution is 5.19. The first-order chi connectivity index (χ1) is 8.63. The molecule has 0 heterocycles. The summed E-state index contributed by atoms with van der Waals surface area (Å²) in [5.74, 6) is -0.900. The van der Waals surface area contributed by atoms with Gasteiger partial charge >= 0.3 is 0 Å². The van der Waals surface area contributed by atoms with E-state index in [1.54, 1.807) is 0 Å². The van der Waals surface area contributed by atoms with Crippen molar-refractivity contribution in [2.24, 2.45) is 0 Å². The second kappa shape index (κ2) is 8.20. The minimum absolute atomic E-state index is 0.192. The Hall–Kier alpha value is -0.960. The van der Waals surface area contributed by atoms with E-state index in [0.29, 0.717) is 6.42 Å². The molecule has 0 saturated heterocycles. The topological polar surface area (TPSA) is 20.2 Å². The van der Waals surface area contributed by atoms with Gasteiger partial charge in [0.1, 0.15) is 11.6 Å². The molecule has 1 nitrogen and oxygen atoms in total. The van der Waals surface area contributed by atoms with Gasteiger partial charge in [0.25, 0.3) is 0 Å². The van der Waals surface area contributed by atoms with Gasteiger partial charge in [0.05, 0.1) is 6.10 Å². The number of benzene rings is 1. The van der Waals surface area contributed by atoms with Gasteiger partial charge in [0.15, 0.2) is 0 Å². The summed E-state index contributed by atoms with van der Waals surface area (Å²) in [4.78, 5) is 0. The molecule has 0 saturated carbocycles. The van der Waals surface area contributed by atoms with Crippen molar-refractivity contribution < 1.29 is 13.9 Å². The van der Waals surface area contributed by atoms with Crippen LogP contribution in [0.3, 0.4) is 0 Å². The standard InChI is InChI=1S/C15H22F2O/c1-2-3-4-5-6-7-14(18)11-12-10-13(16)8-9-15(12)17/h8-10,14,18H,2-7,11H2,1H3. The van der Waals surface area contributed by atoms with Gasteiger partial charge in [-0.25, -0.2) is 8.78 Å².